The minimum Gasteiger partial charge on any atom is -0.492 e. The van der Waals surface area contributed by atoms with Crippen molar-refractivity contribution in [2.45, 2.75) is 12.8 Å². The molecule has 0 saturated carbocycles. The summed E-state index contributed by atoms with van der Waals surface area (Å²) in [5.41, 5.74) is 13.1. The van der Waals surface area contributed by atoms with E-state index in [1.807, 2.05) is 53.4 Å². The summed E-state index contributed by atoms with van der Waals surface area (Å²) in [5.74, 6) is 1.61. The molecule has 1 aliphatic heterocycles. The topological polar surface area (TPSA) is 107 Å². The van der Waals surface area contributed by atoms with Gasteiger partial charge in [-0.1, -0.05) is 24.3 Å². The number of ether oxygens (including phenoxy) is 1. The number of likely N-dealkylation sites (tertiary alicyclic amines) is 1. The highest BCUT2D eigenvalue weighted by Crippen LogP contribution is 2.30. The van der Waals surface area contributed by atoms with Crippen molar-refractivity contribution in [3.8, 4) is 5.75 Å². The summed E-state index contributed by atoms with van der Waals surface area (Å²) in [6, 6.07) is 15.0. The van der Waals surface area contributed by atoms with E-state index in [1.54, 1.807) is 0 Å². The zero-order chi connectivity index (χ0) is 19.5. The fourth-order valence-electron chi connectivity index (χ4n) is 3.59. The van der Waals surface area contributed by atoms with Crippen LogP contribution in [0.5, 0.6) is 5.75 Å². The predicted octanol–water partition coefficient (Wildman–Crippen LogP) is 2.73. The van der Waals surface area contributed by atoms with Gasteiger partial charge in [0, 0.05) is 18.7 Å². The average Bonchev–Trinajstić information content (AvgIpc) is 2.72. The van der Waals surface area contributed by atoms with E-state index in [1.165, 1.54) is 0 Å². The summed E-state index contributed by atoms with van der Waals surface area (Å²) >= 11 is 0. The monoisotopic (exact) mass is 377 g/mol. The maximum Gasteiger partial charge on any atom is 0.253 e. The Bertz CT molecular complexity index is 985. The molecule has 1 fully saturated rings. The molecule has 0 bridgehead atoms. The first kappa shape index (κ1) is 18.0. The molecule has 4 N–H and O–H groups in total. The Kier molecular flexibility index (Phi) is 4.97. The first-order valence-corrected chi connectivity index (χ1v) is 9.40. The van der Waals surface area contributed by atoms with Crippen LogP contribution in [-0.4, -0.2) is 40.5 Å². The lowest BCUT2D eigenvalue weighted by Crippen LogP contribution is -2.39. The van der Waals surface area contributed by atoms with Crippen molar-refractivity contribution in [1.82, 2.24) is 14.9 Å². The van der Waals surface area contributed by atoms with Crippen LogP contribution in [-0.2, 0) is 0 Å². The van der Waals surface area contributed by atoms with E-state index in [0.29, 0.717) is 35.0 Å². The highest BCUT2D eigenvalue weighted by molar-refractivity contribution is 5.95. The molecule has 3 aromatic rings. The average molecular weight is 377 g/mol. The second-order valence-electron chi connectivity index (χ2n) is 7.03. The Morgan fingerprint density at radius 2 is 1.79 bits per heavy atom. The standard InChI is InChI=1S/C21H23N5O2/c22-19-18-16(24-21(23)25-19)7-4-8-17(18)28-13-14-9-11-26(12-10-14)20(27)15-5-2-1-3-6-15/h1-8,14H,9-13H2,(H4,22,23,24,25). The molecule has 0 spiro atoms. The van der Waals surface area contributed by atoms with Crippen molar-refractivity contribution in [2.75, 3.05) is 31.2 Å². The number of nitrogens with zero attached hydrogens (tertiary/aromatic N) is 3. The molecular weight excluding hydrogens is 354 g/mol. The summed E-state index contributed by atoms with van der Waals surface area (Å²) in [6.07, 6.45) is 1.81. The van der Waals surface area contributed by atoms with E-state index in [2.05, 4.69) is 9.97 Å². The van der Waals surface area contributed by atoms with E-state index in [-0.39, 0.29) is 11.9 Å². The van der Waals surface area contributed by atoms with Crippen LogP contribution in [0, 0.1) is 5.92 Å². The lowest BCUT2D eigenvalue weighted by molar-refractivity contribution is 0.0661. The fourth-order valence-corrected chi connectivity index (χ4v) is 3.59. The van der Waals surface area contributed by atoms with E-state index < -0.39 is 0 Å². The number of amides is 1. The Balaban J connectivity index is 1.37. The third-order valence-corrected chi connectivity index (χ3v) is 5.13. The van der Waals surface area contributed by atoms with Crippen LogP contribution in [0.4, 0.5) is 11.8 Å². The van der Waals surface area contributed by atoms with Crippen molar-refractivity contribution >= 4 is 28.6 Å². The molecule has 2 aromatic carbocycles. The molecular formula is C21H23N5O2. The zero-order valence-corrected chi connectivity index (χ0v) is 15.5. The summed E-state index contributed by atoms with van der Waals surface area (Å²) in [5, 5.41) is 0.688. The molecule has 1 saturated heterocycles. The summed E-state index contributed by atoms with van der Waals surface area (Å²) in [4.78, 5) is 22.7. The number of benzene rings is 2. The van der Waals surface area contributed by atoms with Gasteiger partial charge in [-0.25, -0.2) is 4.98 Å². The van der Waals surface area contributed by atoms with E-state index in [0.717, 1.165) is 31.5 Å². The maximum atomic E-state index is 12.6. The molecule has 2 heterocycles. The second-order valence-corrected chi connectivity index (χ2v) is 7.03. The van der Waals surface area contributed by atoms with Crippen molar-refractivity contribution in [3.05, 3.63) is 54.1 Å². The molecule has 0 unspecified atom stereocenters. The number of fused-ring (bicyclic) bond motifs is 1. The number of carbonyl (C=O) groups excluding carboxylic acids is 1. The SMILES string of the molecule is Nc1nc(N)c2c(OCC3CCN(C(=O)c4ccccc4)CC3)cccc2n1. The molecule has 0 atom stereocenters. The van der Waals surface area contributed by atoms with Gasteiger partial charge in [0.2, 0.25) is 5.95 Å². The van der Waals surface area contributed by atoms with Gasteiger partial charge in [0.05, 0.1) is 17.5 Å². The van der Waals surface area contributed by atoms with Gasteiger partial charge in [0.25, 0.3) is 5.91 Å². The fraction of sp³-hybridized carbons (Fsp3) is 0.286. The molecule has 7 heteroatoms. The Hall–Kier alpha value is -3.35. The van der Waals surface area contributed by atoms with Gasteiger partial charge in [-0.15, -0.1) is 0 Å². The molecule has 144 valence electrons. The zero-order valence-electron chi connectivity index (χ0n) is 15.5. The second kappa shape index (κ2) is 7.72. The molecule has 0 radical (unpaired) electrons. The minimum absolute atomic E-state index is 0.0940. The highest BCUT2D eigenvalue weighted by Gasteiger charge is 2.24. The number of carbonyl (C=O) groups is 1. The van der Waals surface area contributed by atoms with E-state index in [9.17, 15) is 4.79 Å². The molecule has 1 amide bonds. The third-order valence-electron chi connectivity index (χ3n) is 5.13. The van der Waals surface area contributed by atoms with E-state index >= 15 is 0 Å². The first-order chi connectivity index (χ1) is 13.6. The number of anilines is 2. The van der Waals surface area contributed by atoms with Crippen LogP contribution < -0.4 is 16.2 Å². The Labute approximate surface area is 163 Å². The number of nitrogens with two attached hydrogens (primary N) is 2. The van der Waals surface area contributed by atoms with Crippen molar-refractivity contribution < 1.29 is 9.53 Å². The maximum absolute atomic E-state index is 12.6. The van der Waals surface area contributed by atoms with Gasteiger partial charge >= 0.3 is 0 Å². The number of rotatable bonds is 4. The van der Waals surface area contributed by atoms with Crippen molar-refractivity contribution in [3.63, 3.8) is 0 Å². The largest absolute Gasteiger partial charge is 0.492 e. The van der Waals surface area contributed by atoms with Crippen LogP contribution in [0.3, 0.4) is 0 Å². The number of hydrogen-bond acceptors (Lipinski definition) is 6. The Morgan fingerprint density at radius 3 is 2.54 bits per heavy atom. The molecule has 0 aliphatic carbocycles. The smallest absolute Gasteiger partial charge is 0.253 e. The van der Waals surface area contributed by atoms with Crippen molar-refractivity contribution in [2.24, 2.45) is 5.92 Å². The van der Waals surface area contributed by atoms with Crippen LogP contribution >= 0.6 is 0 Å². The van der Waals surface area contributed by atoms with Gasteiger partial charge in [-0.3, -0.25) is 4.79 Å². The number of piperidine rings is 1. The van der Waals surface area contributed by atoms with Gasteiger partial charge in [0.15, 0.2) is 0 Å². The first-order valence-electron chi connectivity index (χ1n) is 9.40. The summed E-state index contributed by atoms with van der Waals surface area (Å²) in [7, 11) is 0. The molecule has 4 rings (SSSR count). The molecule has 28 heavy (non-hydrogen) atoms. The molecule has 1 aromatic heterocycles. The predicted molar refractivity (Wildman–Crippen MR) is 109 cm³/mol. The van der Waals surface area contributed by atoms with Crippen LogP contribution in [0.25, 0.3) is 10.9 Å². The van der Waals surface area contributed by atoms with Gasteiger partial charge < -0.3 is 21.1 Å². The summed E-state index contributed by atoms with van der Waals surface area (Å²) < 4.78 is 6.06. The third kappa shape index (κ3) is 3.69. The molecule has 1 aliphatic rings. The van der Waals surface area contributed by atoms with Gasteiger partial charge in [0.1, 0.15) is 11.6 Å². The van der Waals surface area contributed by atoms with Crippen LogP contribution in [0.2, 0.25) is 0 Å². The van der Waals surface area contributed by atoms with Crippen LogP contribution in [0.1, 0.15) is 23.2 Å². The van der Waals surface area contributed by atoms with Gasteiger partial charge in [-0.2, -0.15) is 4.98 Å². The summed E-state index contributed by atoms with van der Waals surface area (Å²) in [6.45, 7) is 2.04. The molecule has 7 nitrogen and oxygen atoms in total. The van der Waals surface area contributed by atoms with Crippen molar-refractivity contribution in [1.29, 1.82) is 0 Å². The van der Waals surface area contributed by atoms with E-state index in [4.69, 9.17) is 16.2 Å². The quantitative estimate of drug-likeness (QED) is 0.724. The minimum atomic E-state index is 0.0940. The number of nitrogen functional groups attached to an aromatic ring is 2. The van der Waals surface area contributed by atoms with Gasteiger partial charge in [-0.05, 0) is 43.0 Å². The number of hydrogen-bond donors (Lipinski definition) is 2. The highest BCUT2D eigenvalue weighted by atomic mass is 16.5. The van der Waals surface area contributed by atoms with Crippen LogP contribution in [0.15, 0.2) is 48.5 Å². The number of aromatic nitrogens is 2. The normalized spacial score (nSPS) is 14.9. The lowest BCUT2D eigenvalue weighted by Gasteiger charge is -2.32. The lowest BCUT2D eigenvalue weighted by atomic mass is 9.97. The Morgan fingerprint density at radius 1 is 1.04 bits per heavy atom.